The van der Waals surface area contributed by atoms with Gasteiger partial charge in [0.05, 0.1) is 18.7 Å². The van der Waals surface area contributed by atoms with Gasteiger partial charge in [0.25, 0.3) is 11.5 Å². The lowest BCUT2D eigenvalue weighted by atomic mass is 10.2. The Morgan fingerprint density at radius 3 is 2.50 bits per heavy atom. The number of hydrogen-bond donors (Lipinski definition) is 4. The van der Waals surface area contributed by atoms with Crippen molar-refractivity contribution in [3.8, 4) is 0 Å². The number of nitrogens with two attached hydrogens (primary N) is 1. The number of aliphatic hydroxyl groups is 1. The minimum atomic E-state index is -0.812. The first-order valence-electron chi connectivity index (χ1n) is 11.4. The Morgan fingerprint density at radius 1 is 1.11 bits per heavy atom. The smallest absolute Gasteiger partial charge is 0.340 e. The van der Waals surface area contributed by atoms with Crippen LogP contribution in [0, 0.1) is 0 Å². The highest BCUT2D eigenvalue weighted by atomic mass is 16.5. The maximum absolute atomic E-state index is 13.1. The summed E-state index contributed by atoms with van der Waals surface area (Å²) in [6.45, 7) is 1.46. The van der Waals surface area contributed by atoms with E-state index in [0.29, 0.717) is 12.1 Å². The maximum atomic E-state index is 13.1. The Bertz CT molecular complexity index is 1320. The third-order valence-electron chi connectivity index (χ3n) is 5.32. The topological polar surface area (TPSA) is 160 Å². The summed E-state index contributed by atoms with van der Waals surface area (Å²) < 4.78 is 6.41. The number of aliphatic hydroxyl groups excluding tert-OH is 1. The Balaban J connectivity index is 1.85. The largest absolute Gasteiger partial charge is 0.452 e. The quantitative estimate of drug-likeness (QED) is 0.289. The molecule has 11 nitrogen and oxygen atoms in total. The second-order valence-electron chi connectivity index (χ2n) is 7.88. The lowest BCUT2D eigenvalue weighted by molar-refractivity contribution is -0.121. The van der Waals surface area contributed by atoms with Gasteiger partial charge in [-0.25, -0.2) is 9.59 Å². The number of aromatic nitrogens is 2. The van der Waals surface area contributed by atoms with E-state index in [4.69, 9.17) is 15.6 Å². The van der Waals surface area contributed by atoms with Crippen LogP contribution in [0.5, 0.6) is 0 Å². The van der Waals surface area contributed by atoms with Crippen LogP contribution in [-0.2, 0) is 16.1 Å². The molecule has 5 N–H and O–H groups in total. The van der Waals surface area contributed by atoms with Gasteiger partial charge >= 0.3 is 11.7 Å². The molecule has 3 rings (SSSR count). The Morgan fingerprint density at radius 2 is 1.81 bits per heavy atom. The van der Waals surface area contributed by atoms with Crippen LogP contribution in [0.4, 0.5) is 17.2 Å². The van der Waals surface area contributed by atoms with Crippen molar-refractivity contribution in [1.29, 1.82) is 0 Å². The van der Waals surface area contributed by atoms with Crippen LogP contribution >= 0.6 is 0 Å². The SMILES string of the molecule is CCCN(C(=O)COC(=O)c1ccccc1NCCO)c1c(N)n(Cc2ccccc2)c(=O)[nH]c1=O. The van der Waals surface area contributed by atoms with Gasteiger partial charge in [-0.1, -0.05) is 49.4 Å². The van der Waals surface area contributed by atoms with Crippen LogP contribution in [0.15, 0.2) is 64.2 Å². The molecule has 1 aromatic heterocycles. The summed E-state index contributed by atoms with van der Waals surface area (Å²) in [6.07, 6.45) is 0.476. The molecule has 1 heterocycles. The fourth-order valence-corrected chi connectivity index (χ4v) is 3.63. The van der Waals surface area contributed by atoms with E-state index in [1.54, 1.807) is 37.3 Å². The lowest BCUT2D eigenvalue weighted by Gasteiger charge is -2.24. The predicted octanol–water partition coefficient (Wildman–Crippen LogP) is 1.17. The number of para-hydroxylation sites is 1. The molecule has 0 saturated carbocycles. The molecule has 0 unspecified atom stereocenters. The molecular weight excluding hydrogens is 466 g/mol. The number of nitrogen functional groups attached to an aromatic ring is 1. The molecule has 0 bridgehead atoms. The van der Waals surface area contributed by atoms with E-state index >= 15 is 0 Å². The molecule has 1 amide bonds. The number of amides is 1. The molecule has 11 heteroatoms. The summed E-state index contributed by atoms with van der Waals surface area (Å²) in [7, 11) is 0. The Kier molecular flexibility index (Phi) is 9.01. The minimum absolute atomic E-state index is 0.0933. The maximum Gasteiger partial charge on any atom is 0.340 e. The first-order valence-corrected chi connectivity index (χ1v) is 11.4. The van der Waals surface area contributed by atoms with Gasteiger partial charge in [-0.05, 0) is 24.1 Å². The molecule has 2 aromatic carbocycles. The molecule has 0 aliphatic carbocycles. The molecule has 0 radical (unpaired) electrons. The second kappa shape index (κ2) is 12.4. The summed E-state index contributed by atoms with van der Waals surface area (Å²) in [5.74, 6) is -1.59. The molecule has 190 valence electrons. The number of benzene rings is 2. The van der Waals surface area contributed by atoms with E-state index in [1.807, 2.05) is 18.2 Å². The number of anilines is 3. The molecule has 0 atom stereocenters. The van der Waals surface area contributed by atoms with Crippen LogP contribution in [0.25, 0.3) is 0 Å². The first kappa shape index (κ1) is 26.2. The highest BCUT2D eigenvalue weighted by Crippen LogP contribution is 2.20. The fourth-order valence-electron chi connectivity index (χ4n) is 3.63. The van der Waals surface area contributed by atoms with Crippen LogP contribution in [0.1, 0.15) is 29.3 Å². The van der Waals surface area contributed by atoms with Gasteiger partial charge in [0, 0.05) is 18.8 Å². The van der Waals surface area contributed by atoms with E-state index in [-0.39, 0.29) is 43.3 Å². The van der Waals surface area contributed by atoms with E-state index < -0.39 is 29.7 Å². The van der Waals surface area contributed by atoms with Gasteiger partial charge in [-0.2, -0.15) is 0 Å². The first-order chi connectivity index (χ1) is 17.4. The van der Waals surface area contributed by atoms with E-state index in [9.17, 15) is 19.2 Å². The Hall–Kier alpha value is -4.38. The molecular formula is C25H29N5O6. The van der Waals surface area contributed by atoms with E-state index in [2.05, 4.69) is 10.3 Å². The number of nitrogens with zero attached hydrogens (tertiary/aromatic N) is 2. The van der Waals surface area contributed by atoms with Crippen molar-refractivity contribution in [2.75, 3.05) is 42.3 Å². The molecule has 0 aliphatic rings. The Labute approximate surface area is 207 Å². The van der Waals surface area contributed by atoms with Crippen molar-refractivity contribution in [2.24, 2.45) is 0 Å². The number of carbonyl (C=O) groups is 2. The number of aromatic amines is 1. The minimum Gasteiger partial charge on any atom is -0.452 e. The number of carbonyl (C=O) groups excluding carboxylic acids is 2. The van der Waals surface area contributed by atoms with E-state index in [0.717, 1.165) is 10.5 Å². The molecule has 0 aliphatic heterocycles. The number of ether oxygens (including phenoxy) is 1. The van der Waals surface area contributed by atoms with Gasteiger partial charge in [0.1, 0.15) is 5.82 Å². The van der Waals surface area contributed by atoms with Crippen molar-refractivity contribution in [1.82, 2.24) is 9.55 Å². The summed E-state index contributed by atoms with van der Waals surface area (Å²) in [5.41, 5.74) is 5.95. The third kappa shape index (κ3) is 6.19. The van der Waals surface area contributed by atoms with Crippen molar-refractivity contribution < 1.29 is 19.4 Å². The standard InChI is InChI=1S/C25H29N5O6/c1-2-13-29(20(32)16-36-24(34)18-10-6-7-11-19(18)27-12-14-31)21-22(26)30(25(35)28-23(21)33)15-17-8-4-3-5-9-17/h3-11,27,31H,2,12-16,26H2,1H3,(H,28,33,35). The fraction of sp³-hybridized carbons (Fsp3) is 0.280. The highest BCUT2D eigenvalue weighted by molar-refractivity contribution is 6.00. The highest BCUT2D eigenvalue weighted by Gasteiger charge is 2.25. The normalized spacial score (nSPS) is 10.6. The average molecular weight is 496 g/mol. The molecule has 3 aromatic rings. The summed E-state index contributed by atoms with van der Waals surface area (Å²) in [6, 6.07) is 15.6. The monoisotopic (exact) mass is 495 g/mol. The third-order valence-corrected chi connectivity index (χ3v) is 5.32. The summed E-state index contributed by atoms with van der Waals surface area (Å²) >= 11 is 0. The van der Waals surface area contributed by atoms with Crippen molar-refractivity contribution in [2.45, 2.75) is 19.9 Å². The summed E-state index contributed by atoms with van der Waals surface area (Å²) in [4.78, 5) is 54.3. The lowest BCUT2D eigenvalue weighted by Crippen LogP contribution is -2.43. The second-order valence-corrected chi connectivity index (χ2v) is 7.88. The summed E-state index contributed by atoms with van der Waals surface area (Å²) in [5, 5.41) is 11.9. The zero-order chi connectivity index (χ0) is 26.1. The van der Waals surface area contributed by atoms with Crippen LogP contribution in [0.2, 0.25) is 0 Å². The predicted molar refractivity (Wildman–Crippen MR) is 136 cm³/mol. The van der Waals surface area contributed by atoms with Crippen LogP contribution in [-0.4, -0.2) is 52.8 Å². The number of hydrogen-bond acceptors (Lipinski definition) is 8. The number of esters is 1. The average Bonchev–Trinajstić information content (AvgIpc) is 2.88. The van der Waals surface area contributed by atoms with Gasteiger partial charge in [0.15, 0.2) is 12.3 Å². The van der Waals surface area contributed by atoms with E-state index in [1.165, 1.54) is 10.6 Å². The van der Waals surface area contributed by atoms with Crippen LogP contribution in [0.3, 0.4) is 0 Å². The van der Waals surface area contributed by atoms with Crippen molar-refractivity contribution in [3.63, 3.8) is 0 Å². The number of nitrogens with one attached hydrogen (secondary N) is 2. The van der Waals surface area contributed by atoms with Crippen molar-refractivity contribution in [3.05, 3.63) is 86.6 Å². The number of H-pyrrole nitrogens is 1. The van der Waals surface area contributed by atoms with Crippen LogP contribution < -0.4 is 27.2 Å². The molecule has 36 heavy (non-hydrogen) atoms. The molecule has 0 spiro atoms. The van der Waals surface area contributed by atoms with Gasteiger partial charge < -0.3 is 25.8 Å². The number of rotatable bonds is 11. The zero-order valence-corrected chi connectivity index (χ0v) is 19.9. The van der Waals surface area contributed by atoms with Gasteiger partial charge in [-0.15, -0.1) is 0 Å². The van der Waals surface area contributed by atoms with Gasteiger partial charge in [0.2, 0.25) is 0 Å². The zero-order valence-electron chi connectivity index (χ0n) is 19.9. The van der Waals surface area contributed by atoms with Crippen molar-refractivity contribution >= 4 is 29.1 Å². The molecule has 0 fully saturated rings. The molecule has 0 saturated heterocycles. The van der Waals surface area contributed by atoms with Gasteiger partial charge in [-0.3, -0.25) is 19.1 Å².